The molecule has 0 aromatic carbocycles. The first-order valence-corrected chi connectivity index (χ1v) is 5.76. The van der Waals surface area contributed by atoms with Crippen LogP contribution in [0.4, 0.5) is 5.69 Å². The second-order valence-corrected chi connectivity index (χ2v) is 4.27. The predicted molar refractivity (Wildman–Crippen MR) is 62.1 cm³/mol. The molecule has 0 saturated carbocycles. The molecule has 0 bridgehead atoms. The van der Waals surface area contributed by atoms with Gasteiger partial charge in [-0.15, -0.1) is 11.3 Å². The number of nitrogens with zero attached hydrogens (tertiary/aromatic N) is 3. The van der Waals surface area contributed by atoms with Crippen molar-refractivity contribution in [3.8, 4) is 0 Å². The van der Waals surface area contributed by atoms with Crippen LogP contribution in [-0.4, -0.2) is 14.8 Å². The topological polar surface area (TPSA) is 42.7 Å². The molecule has 1 unspecified atom stereocenters. The van der Waals surface area contributed by atoms with E-state index in [4.69, 9.17) is 0 Å². The molecule has 1 N–H and O–H groups in total. The van der Waals surface area contributed by atoms with Crippen LogP contribution in [0.3, 0.4) is 0 Å². The first-order chi connectivity index (χ1) is 7.18. The number of hydrogen-bond donors (Lipinski definition) is 1. The maximum absolute atomic E-state index is 4.28. The molecule has 2 heterocycles. The molecule has 0 aliphatic carbocycles. The van der Waals surface area contributed by atoms with E-state index in [1.807, 2.05) is 30.4 Å². The number of aromatic nitrogens is 3. The molecule has 0 spiro atoms. The van der Waals surface area contributed by atoms with Gasteiger partial charge in [-0.25, -0.2) is 4.98 Å². The normalized spacial score (nSPS) is 12.7. The van der Waals surface area contributed by atoms with Crippen molar-refractivity contribution in [1.29, 1.82) is 0 Å². The van der Waals surface area contributed by atoms with E-state index in [2.05, 4.69) is 27.7 Å². The van der Waals surface area contributed by atoms with E-state index in [-0.39, 0.29) is 6.04 Å². The molecule has 2 aromatic heterocycles. The van der Waals surface area contributed by atoms with Crippen molar-refractivity contribution in [2.75, 3.05) is 5.32 Å². The summed E-state index contributed by atoms with van der Waals surface area (Å²) in [4.78, 5) is 4.28. The Morgan fingerprint density at radius 3 is 2.87 bits per heavy atom. The van der Waals surface area contributed by atoms with Crippen LogP contribution in [-0.2, 0) is 7.05 Å². The van der Waals surface area contributed by atoms with Gasteiger partial charge in [-0.1, -0.05) is 0 Å². The Morgan fingerprint density at radius 1 is 1.53 bits per heavy atom. The zero-order valence-electron chi connectivity index (χ0n) is 9.06. The summed E-state index contributed by atoms with van der Waals surface area (Å²) in [5, 5.41) is 9.64. The van der Waals surface area contributed by atoms with E-state index < -0.39 is 0 Å². The van der Waals surface area contributed by atoms with E-state index in [1.54, 1.807) is 11.3 Å². The molecule has 80 valence electrons. The van der Waals surface area contributed by atoms with Crippen LogP contribution >= 0.6 is 11.3 Å². The summed E-state index contributed by atoms with van der Waals surface area (Å²) in [5.41, 5.74) is 5.13. The van der Waals surface area contributed by atoms with Crippen LogP contribution in [0.5, 0.6) is 0 Å². The minimum atomic E-state index is 0.221. The highest BCUT2D eigenvalue weighted by molar-refractivity contribution is 7.07. The third-order valence-electron chi connectivity index (χ3n) is 2.50. The Kier molecular flexibility index (Phi) is 2.73. The van der Waals surface area contributed by atoms with Gasteiger partial charge in [-0.2, -0.15) is 5.10 Å². The minimum Gasteiger partial charge on any atom is -0.374 e. The zero-order chi connectivity index (χ0) is 10.8. The number of rotatable bonds is 3. The van der Waals surface area contributed by atoms with Gasteiger partial charge in [0, 0.05) is 12.4 Å². The Morgan fingerprint density at radius 2 is 2.33 bits per heavy atom. The summed E-state index contributed by atoms with van der Waals surface area (Å²) in [6.45, 7) is 4.14. The van der Waals surface area contributed by atoms with Gasteiger partial charge in [-0.05, 0) is 13.8 Å². The van der Waals surface area contributed by atoms with E-state index in [0.29, 0.717) is 0 Å². The lowest BCUT2D eigenvalue weighted by molar-refractivity contribution is 0.739. The van der Waals surface area contributed by atoms with Crippen molar-refractivity contribution in [1.82, 2.24) is 14.8 Å². The van der Waals surface area contributed by atoms with Crippen LogP contribution in [0.25, 0.3) is 0 Å². The fraction of sp³-hybridized carbons (Fsp3) is 0.400. The third-order valence-corrected chi connectivity index (χ3v) is 3.11. The van der Waals surface area contributed by atoms with Gasteiger partial charge < -0.3 is 5.32 Å². The third kappa shape index (κ3) is 2.02. The summed E-state index contributed by atoms with van der Waals surface area (Å²) < 4.78 is 1.86. The Balaban J connectivity index is 2.12. The average Bonchev–Trinajstić information content (AvgIpc) is 2.83. The van der Waals surface area contributed by atoms with Gasteiger partial charge in [0.25, 0.3) is 0 Å². The molecular weight excluding hydrogens is 208 g/mol. The molecule has 0 radical (unpaired) electrons. The molecule has 5 heteroatoms. The van der Waals surface area contributed by atoms with Crippen LogP contribution < -0.4 is 5.32 Å². The van der Waals surface area contributed by atoms with Crippen LogP contribution in [0.2, 0.25) is 0 Å². The van der Waals surface area contributed by atoms with E-state index in [1.165, 1.54) is 0 Å². The molecule has 1 atom stereocenters. The summed E-state index contributed by atoms with van der Waals surface area (Å²) in [6.07, 6.45) is 1.85. The molecule has 2 rings (SSSR count). The molecule has 0 amide bonds. The standard InChI is InChI=1S/C10H14N4S/c1-7(10-5-15-6-11-10)13-9-4-12-14(3)8(9)2/h4-7,13H,1-3H3. The molecular formula is C10H14N4S. The van der Waals surface area contributed by atoms with Gasteiger partial charge in [0.1, 0.15) is 0 Å². The van der Waals surface area contributed by atoms with E-state index in [0.717, 1.165) is 17.1 Å². The first kappa shape index (κ1) is 10.2. The second-order valence-electron chi connectivity index (χ2n) is 3.55. The number of thiazole rings is 1. The largest absolute Gasteiger partial charge is 0.374 e. The summed E-state index contributed by atoms with van der Waals surface area (Å²) in [5.74, 6) is 0. The number of anilines is 1. The van der Waals surface area contributed by atoms with Gasteiger partial charge >= 0.3 is 0 Å². The van der Waals surface area contributed by atoms with Gasteiger partial charge in [0.05, 0.1) is 34.8 Å². The molecule has 0 aliphatic rings. The maximum Gasteiger partial charge on any atom is 0.0795 e. The minimum absolute atomic E-state index is 0.221. The van der Waals surface area contributed by atoms with E-state index >= 15 is 0 Å². The fourth-order valence-corrected chi connectivity index (χ4v) is 2.03. The maximum atomic E-state index is 4.28. The lowest BCUT2D eigenvalue weighted by atomic mass is 10.2. The zero-order valence-corrected chi connectivity index (χ0v) is 9.88. The molecule has 0 fully saturated rings. The lowest BCUT2D eigenvalue weighted by Gasteiger charge is -2.12. The number of aryl methyl sites for hydroxylation is 1. The van der Waals surface area contributed by atoms with Crippen molar-refractivity contribution in [3.05, 3.63) is 28.5 Å². The van der Waals surface area contributed by atoms with Crippen molar-refractivity contribution in [2.45, 2.75) is 19.9 Å². The molecule has 0 aliphatic heterocycles. The van der Waals surface area contributed by atoms with Crippen LogP contribution in [0, 0.1) is 6.92 Å². The van der Waals surface area contributed by atoms with Gasteiger partial charge in [-0.3, -0.25) is 4.68 Å². The highest BCUT2D eigenvalue weighted by Gasteiger charge is 2.10. The summed E-state index contributed by atoms with van der Waals surface area (Å²) in [7, 11) is 1.94. The van der Waals surface area contributed by atoms with Crippen molar-refractivity contribution < 1.29 is 0 Å². The predicted octanol–water partition coefficient (Wildman–Crippen LogP) is 2.36. The van der Waals surface area contributed by atoms with Crippen molar-refractivity contribution in [2.24, 2.45) is 7.05 Å². The molecule has 4 nitrogen and oxygen atoms in total. The molecule has 2 aromatic rings. The molecule has 15 heavy (non-hydrogen) atoms. The number of nitrogens with one attached hydrogen (secondary N) is 1. The van der Waals surface area contributed by atoms with Gasteiger partial charge in [0.2, 0.25) is 0 Å². The highest BCUT2D eigenvalue weighted by atomic mass is 32.1. The Hall–Kier alpha value is -1.36. The second kappa shape index (κ2) is 4.02. The van der Waals surface area contributed by atoms with E-state index in [9.17, 15) is 0 Å². The van der Waals surface area contributed by atoms with Crippen LogP contribution in [0.15, 0.2) is 17.1 Å². The lowest BCUT2D eigenvalue weighted by Crippen LogP contribution is -2.07. The summed E-state index contributed by atoms with van der Waals surface area (Å²) in [6, 6.07) is 0.221. The smallest absolute Gasteiger partial charge is 0.0795 e. The SMILES string of the molecule is Cc1c(NC(C)c2cscn2)cnn1C. The van der Waals surface area contributed by atoms with Crippen molar-refractivity contribution in [3.63, 3.8) is 0 Å². The van der Waals surface area contributed by atoms with Gasteiger partial charge in [0.15, 0.2) is 0 Å². The number of hydrogen-bond acceptors (Lipinski definition) is 4. The highest BCUT2D eigenvalue weighted by Crippen LogP contribution is 2.20. The fourth-order valence-electron chi connectivity index (χ4n) is 1.38. The van der Waals surface area contributed by atoms with Crippen LogP contribution in [0.1, 0.15) is 24.4 Å². The molecule has 0 saturated heterocycles. The van der Waals surface area contributed by atoms with Crippen molar-refractivity contribution >= 4 is 17.0 Å². The Bertz CT molecular complexity index is 432. The Labute approximate surface area is 93.0 Å². The monoisotopic (exact) mass is 222 g/mol. The first-order valence-electron chi connectivity index (χ1n) is 4.81. The average molecular weight is 222 g/mol. The summed E-state index contributed by atoms with van der Waals surface area (Å²) >= 11 is 1.62. The quantitative estimate of drug-likeness (QED) is 0.867.